The van der Waals surface area contributed by atoms with Gasteiger partial charge in [-0.3, -0.25) is 4.79 Å². The van der Waals surface area contributed by atoms with Crippen LogP contribution in [0.15, 0.2) is 18.2 Å². The largest absolute Gasteiger partial charge is 0.393 e. The van der Waals surface area contributed by atoms with Gasteiger partial charge >= 0.3 is 0 Å². The number of rotatable bonds is 2. The zero-order valence-corrected chi connectivity index (χ0v) is 13.5. The normalized spacial score (nSPS) is 17.9. The summed E-state index contributed by atoms with van der Waals surface area (Å²) in [5.74, 6) is -0.0561. The van der Waals surface area contributed by atoms with Gasteiger partial charge < -0.3 is 10.6 Å². The van der Waals surface area contributed by atoms with Crippen molar-refractivity contribution in [1.29, 1.82) is 0 Å². The molecule has 108 valence electrons. The Balaban J connectivity index is 2.10. The standard InChI is InChI=1S/C14H16Cl2N2OS/c1-14(13(17)20)2-4-18(5-3-14)12(19)9-6-10(15)8-11(16)7-9/h6-8H,2-5H2,1H3,(H2,17,20). The average molecular weight is 331 g/mol. The van der Waals surface area contributed by atoms with E-state index in [9.17, 15) is 4.79 Å². The average Bonchev–Trinajstić information content (AvgIpc) is 2.37. The molecule has 0 aliphatic carbocycles. The molecule has 0 saturated carbocycles. The number of hydrogen-bond acceptors (Lipinski definition) is 2. The molecule has 0 aromatic heterocycles. The number of likely N-dealkylation sites (tertiary alicyclic amines) is 1. The van der Waals surface area contributed by atoms with Gasteiger partial charge in [-0.25, -0.2) is 0 Å². The molecule has 1 heterocycles. The summed E-state index contributed by atoms with van der Waals surface area (Å²) >= 11 is 17.0. The van der Waals surface area contributed by atoms with Gasteiger partial charge in [-0.15, -0.1) is 0 Å². The number of benzene rings is 1. The first-order chi connectivity index (χ1) is 9.32. The first-order valence-electron chi connectivity index (χ1n) is 6.37. The number of nitrogens with zero attached hydrogens (tertiary/aromatic N) is 1. The second-order valence-corrected chi connectivity index (χ2v) is 6.69. The quantitative estimate of drug-likeness (QED) is 0.844. The Hall–Kier alpha value is -0.840. The van der Waals surface area contributed by atoms with Gasteiger partial charge in [-0.05, 0) is 31.0 Å². The molecule has 20 heavy (non-hydrogen) atoms. The fourth-order valence-electron chi connectivity index (χ4n) is 2.31. The van der Waals surface area contributed by atoms with E-state index in [1.165, 1.54) is 0 Å². The van der Waals surface area contributed by atoms with Crippen LogP contribution in [0.3, 0.4) is 0 Å². The smallest absolute Gasteiger partial charge is 0.253 e. The summed E-state index contributed by atoms with van der Waals surface area (Å²) in [7, 11) is 0. The van der Waals surface area contributed by atoms with Crippen molar-refractivity contribution < 1.29 is 4.79 Å². The van der Waals surface area contributed by atoms with E-state index in [2.05, 4.69) is 0 Å². The molecule has 1 saturated heterocycles. The molecule has 6 heteroatoms. The minimum atomic E-state index is -0.155. The molecule has 1 aliphatic heterocycles. The lowest BCUT2D eigenvalue weighted by molar-refractivity contribution is 0.0670. The Morgan fingerprint density at radius 2 is 1.75 bits per heavy atom. The maximum Gasteiger partial charge on any atom is 0.253 e. The highest BCUT2D eigenvalue weighted by Crippen LogP contribution is 2.32. The number of carbonyl (C=O) groups is 1. The fraction of sp³-hybridized carbons (Fsp3) is 0.429. The van der Waals surface area contributed by atoms with E-state index in [4.69, 9.17) is 41.2 Å². The summed E-state index contributed by atoms with van der Waals surface area (Å²) in [5, 5.41) is 0.927. The van der Waals surface area contributed by atoms with E-state index in [1.54, 1.807) is 23.1 Å². The maximum atomic E-state index is 12.4. The van der Waals surface area contributed by atoms with Crippen LogP contribution in [0, 0.1) is 5.41 Å². The number of thiocarbonyl (C=S) groups is 1. The van der Waals surface area contributed by atoms with Gasteiger partial charge in [0, 0.05) is 34.1 Å². The van der Waals surface area contributed by atoms with Crippen molar-refractivity contribution in [2.45, 2.75) is 19.8 Å². The second-order valence-electron chi connectivity index (χ2n) is 5.38. The topological polar surface area (TPSA) is 46.3 Å². The van der Waals surface area contributed by atoms with Gasteiger partial charge in [-0.1, -0.05) is 42.3 Å². The summed E-state index contributed by atoms with van der Waals surface area (Å²) < 4.78 is 0. The van der Waals surface area contributed by atoms with E-state index in [0.717, 1.165) is 12.8 Å². The molecular weight excluding hydrogens is 315 g/mol. The molecule has 0 radical (unpaired) electrons. The second kappa shape index (κ2) is 5.88. The maximum absolute atomic E-state index is 12.4. The van der Waals surface area contributed by atoms with E-state index >= 15 is 0 Å². The van der Waals surface area contributed by atoms with Crippen molar-refractivity contribution in [3.8, 4) is 0 Å². The molecule has 3 nitrogen and oxygen atoms in total. The zero-order valence-electron chi connectivity index (χ0n) is 11.2. The van der Waals surface area contributed by atoms with Crippen molar-refractivity contribution in [3.05, 3.63) is 33.8 Å². The van der Waals surface area contributed by atoms with Gasteiger partial charge in [0.25, 0.3) is 5.91 Å². The van der Waals surface area contributed by atoms with Crippen LogP contribution < -0.4 is 5.73 Å². The molecule has 1 amide bonds. The molecule has 2 rings (SSSR count). The van der Waals surface area contributed by atoms with Crippen molar-refractivity contribution in [2.75, 3.05) is 13.1 Å². The first-order valence-corrected chi connectivity index (χ1v) is 7.53. The summed E-state index contributed by atoms with van der Waals surface area (Å²) in [6.07, 6.45) is 1.56. The first kappa shape index (κ1) is 15.5. The number of piperidine rings is 1. The Morgan fingerprint density at radius 1 is 1.25 bits per heavy atom. The van der Waals surface area contributed by atoms with Gasteiger partial charge in [0.1, 0.15) is 0 Å². The number of amides is 1. The van der Waals surface area contributed by atoms with Crippen molar-refractivity contribution >= 4 is 46.3 Å². The highest BCUT2D eigenvalue weighted by atomic mass is 35.5. The third kappa shape index (κ3) is 3.25. The number of hydrogen-bond donors (Lipinski definition) is 1. The SMILES string of the molecule is CC1(C(N)=S)CCN(C(=O)c2cc(Cl)cc(Cl)c2)CC1. The number of nitrogens with two attached hydrogens (primary N) is 1. The molecule has 0 atom stereocenters. The minimum absolute atomic E-state index is 0.0561. The monoisotopic (exact) mass is 330 g/mol. The molecular formula is C14H16Cl2N2OS. The van der Waals surface area contributed by atoms with E-state index in [1.807, 2.05) is 6.92 Å². The third-order valence-electron chi connectivity index (χ3n) is 3.86. The van der Waals surface area contributed by atoms with Crippen LogP contribution in [0.2, 0.25) is 10.0 Å². The van der Waals surface area contributed by atoms with Crippen molar-refractivity contribution in [2.24, 2.45) is 11.1 Å². The van der Waals surface area contributed by atoms with Gasteiger partial charge in [0.15, 0.2) is 0 Å². The number of carbonyl (C=O) groups excluding carboxylic acids is 1. The molecule has 1 aliphatic rings. The summed E-state index contributed by atoms with van der Waals surface area (Å²) in [6.45, 7) is 3.32. The van der Waals surface area contributed by atoms with Crippen molar-refractivity contribution in [3.63, 3.8) is 0 Å². The minimum Gasteiger partial charge on any atom is -0.393 e. The predicted octanol–water partition coefficient (Wildman–Crippen LogP) is 3.52. The van der Waals surface area contributed by atoms with E-state index in [-0.39, 0.29) is 11.3 Å². The number of halogens is 2. The lowest BCUT2D eigenvalue weighted by atomic mass is 9.80. The van der Waals surface area contributed by atoms with Gasteiger partial charge in [0.2, 0.25) is 0 Å². The molecule has 0 unspecified atom stereocenters. The van der Waals surface area contributed by atoms with Crippen LogP contribution in [0.1, 0.15) is 30.1 Å². The molecule has 1 fully saturated rings. The summed E-state index contributed by atoms with van der Waals surface area (Å²) in [4.78, 5) is 14.7. The Morgan fingerprint density at radius 3 is 2.20 bits per heavy atom. The van der Waals surface area contributed by atoms with Crippen LogP contribution >= 0.6 is 35.4 Å². The van der Waals surface area contributed by atoms with Crippen LogP contribution in [-0.2, 0) is 0 Å². The van der Waals surface area contributed by atoms with Crippen LogP contribution in [-0.4, -0.2) is 28.9 Å². The van der Waals surface area contributed by atoms with Crippen LogP contribution in [0.5, 0.6) is 0 Å². The Bertz CT molecular complexity index is 534. The molecule has 1 aromatic rings. The Kier molecular flexibility index (Phi) is 4.57. The fourth-order valence-corrected chi connectivity index (χ4v) is 3.04. The van der Waals surface area contributed by atoms with Crippen LogP contribution in [0.25, 0.3) is 0 Å². The summed E-state index contributed by atoms with van der Waals surface area (Å²) in [5.41, 5.74) is 6.13. The van der Waals surface area contributed by atoms with E-state index in [0.29, 0.717) is 33.7 Å². The van der Waals surface area contributed by atoms with Gasteiger partial charge in [0.05, 0.1) is 4.99 Å². The predicted molar refractivity (Wildman–Crippen MR) is 86.5 cm³/mol. The lowest BCUT2D eigenvalue weighted by Gasteiger charge is -2.38. The zero-order chi connectivity index (χ0) is 14.9. The highest BCUT2D eigenvalue weighted by Gasteiger charge is 2.34. The van der Waals surface area contributed by atoms with Crippen LogP contribution in [0.4, 0.5) is 0 Å². The highest BCUT2D eigenvalue weighted by molar-refractivity contribution is 7.80. The molecule has 2 N–H and O–H groups in total. The molecule has 0 bridgehead atoms. The molecule has 1 aromatic carbocycles. The summed E-state index contributed by atoms with van der Waals surface area (Å²) in [6, 6.07) is 4.88. The third-order valence-corrected chi connectivity index (χ3v) is 4.79. The molecule has 0 spiro atoms. The van der Waals surface area contributed by atoms with Gasteiger partial charge in [-0.2, -0.15) is 0 Å². The Labute approximate surface area is 134 Å². The van der Waals surface area contributed by atoms with E-state index < -0.39 is 0 Å². The van der Waals surface area contributed by atoms with Crippen molar-refractivity contribution in [1.82, 2.24) is 4.90 Å². The lowest BCUT2D eigenvalue weighted by Crippen LogP contribution is -2.46.